The van der Waals surface area contributed by atoms with Crippen molar-refractivity contribution in [3.8, 4) is 0 Å². The molecular formula is C13H14ClNO. The summed E-state index contributed by atoms with van der Waals surface area (Å²) < 4.78 is 7.90. The molecular weight excluding hydrogens is 222 g/mol. The smallest absolute Gasteiger partial charge is 0.0754 e. The molecule has 1 saturated heterocycles. The lowest BCUT2D eigenvalue weighted by Crippen LogP contribution is -2.13. The van der Waals surface area contributed by atoms with Crippen LogP contribution in [0.5, 0.6) is 0 Å². The lowest BCUT2D eigenvalue weighted by molar-refractivity contribution is 0.0980. The minimum Gasteiger partial charge on any atom is -0.376 e. The van der Waals surface area contributed by atoms with E-state index in [0.29, 0.717) is 6.10 Å². The van der Waals surface area contributed by atoms with E-state index < -0.39 is 0 Å². The second-order valence-corrected chi connectivity index (χ2v) is 4.74. The summed E-state index contributed by atoms with van der Waals surface area (Å²) in [6.07, 6.45) is 4.86. The third kappa shape index (κ3) is 1.83. The number of fused-ring (bicyclic) bond motifs is 1. The Morgan fingerprint density at radius 1 is 1.38 bits per heavy atom. The molecule has 2 nitrogen and oxygen atoms in total. The van der Waals surface area contributed by atoms with Crippen molar-refractivity contribution in [1.29, 1.82) is 0 Å². The standard InChI is InChI=1S/C13H14ClNO/c14-11-3-4-13-10(8-11)5-6-15(13)9-12-2-1-7-16-12/h3-6,8,12H,1-2,7,9H2. The van der Waals surface area contributed by atoms with Gasteiger partial charge in [-0.2, -0.15) is 0 Å². The fraction of sp³-hybridized carbons (Fsp3) is 0.385. The van der Waals surface area contributed by atoms with Crippen LogP contribution in [0, 0.1) is 0 Å². The minimum atomic E-state index is 0.381. The monoisotopic (exact) mass is 235 g/mol. The Kier molecular flexibility index (Phi) is 2.62. The normalized spacial score (nSPS) is 20.7. The maximum atomic E-state index is 5.96. The second kappa shape index (κ2) is 4.11. The Balaban J connectivity index is 1.91. The van der Waals surface area contributed by atoms with Crippen molar-refractivity contribution in [2.75, 3.05) is 6.61 Å². The number of ether oxygens (including phenoxy) is 1. The van der Waals surface area contributed by atoms with E-state index in [0.717, 1.165) is 18.2 Å². The summed E-state index contributed by atoms with van der Waals surface area (Å²) >= 11 is 5.96. The number of hydrogen-bond acceptors (Lipinski definition) is 1. The molecule has 16 heavy (non-hydrogen) atoms. The van der Waals surface area contributed by atoms with Gasteiger partial charge in [-0.3, -0.25) is 0 Å². The van der Waals surface area contributed by atoms with Crippen molar-refractivity contribution < 1.29 is 4.74 Å². The van der Waals surface area contributed by atoms with E-state index in [4.69, 9.17) is 16.3 Å². The lowest BCUT2D eigenvalue weighted by atomic mass is 10.2. The molecule has 1 aliphatic heterocycles. The molecule has 0 N–H and O–H groups in total. The molecule has 1 aromatic carbocycles. The van der Waals surface area contributed by atoms with E-state index in [1.165, 1.54) is 23.7 Å². The van der Waals surface area contributed by atoms with Gasteiger partial charge >= 0.3 is 0 Å². The zero-order valence-corrected chi connectivity index (χ0v) is 9.78. The maximum Gasteiger partial charge on any atom is 0.0754 e. The molecule has 0 radical (unpaired) electrons. The van der Waals surface area contributed by atoms with Crippen LogP contribution in [-0.4, -0.2) is 17.3 Å². The van der Waals surface area contributed by atoms with Gasteiger partial charge in [0.2, 0.25) is 0 Å². The summed E-state index contributed by atoms with van der Waals surface area (Å²) in [5.41, 5.74) is 1.24. The molecule has 3 heteroatoms. The molecule has 0 amide bonds. The number of rotatable bonds is 2. The fourth-order valence-electron chi connectivity index (χ4n) is 2.34. The third-order valence-corrected chi connectivity index (χ3v) is 3.39. The molecule has 1 atom stereocenters. The first-order valence-corrected chi connectivity index (χ1v) is 6.07. The van der Waals surface area contributed by atoms with Crippen molar-refractivity contribution in [2.24, 2.45) is 0 Å². The molecule has 1 unspecified atom stereocenters. The molecule has 1 fully saturated rings. The average molecular weight is 236 g/mol. The molecule has 3 rings (SSSR count). The molecule has 0 aliphatic carbocycles. The molecule has 2 aromatic rings. The minimum absolute atomic E-state index is 0.381. The molecule has 1 aliphatic rings. The zero-order chi connectivity index (χ0) is 11.0. The van der Waals surface area contributed by atoms with Crippen molar-refractivity contribution in [3.63, 3.8) is 0 Å². The van der Waals surface area contributed by atoms with Gasteiger partial charge < -0.3 is 9.30 Å². The summed E-state index contributed by atoms with van der Waals surface area (Å²) in [5, 5.41) is 1.99. The van der Waals surface area contributed by atoms with Crippen LogP contribution in [0.3, 0.4) is 0 Å². The molecule has 1 aromatic heterocycles. The average Bonchev–Trinajstić information content (AvgIpc) is 2.89. The van der Waals surface area contributed by atoms with Gasteiger partial charge in [0.1, 0.15) is 0 Å². The number of aromatic nitrogens is 1. The summed E-state index contributed by atoms with van der Waals surface area (Å²) in [7, 11) is 0. The number of benzene rings is 1. The van der Waals surface area contributed by atoms with Gasteiger partial charge in [-0.1, -0.05) is 11.6 Å². The van der Waals surface area contributed by atoms with Crippen LogP contribution in [0.1, 0.15) is 12.8 Å². The van der Waals surface area contributed by atoms with E-state index in [1.54, 1.807) is 0 Å². The van der Waals surface area contributed by atoms with Crippen LogP contribution >= 0.6 is 11.6 Å². The van der Waals surface area contributed by atoms with E-state index in [-0.39, 0.29) is 0 Å². The first kappa shape index (κ1) is 10.2. The van der Waals surface area contributed by atoms with E-state index in [9.17, 15) is 0 Å². The number of nitrogens with zero attached hydrogens (tertiary/aromatic N) is 1. The van der Waals surface area contributed by atoms with Gasteiger partial charge in [-0.25, -0.2) is 0 Å². The van der Waals surface area contributed by atoms with Gasteiger partial charge in [-0.15, -0.1) is 0 Å². The van der Waals surface area contributed by atoms with Crippen LogP contribution in [0.15, 0.2) is 30.5 Å². The third-order valence-electron chi connectivity index (χ3n) is 3.16. The largest absolute Gasteiger partial charge is 0.376 e. The number of halogens is 1. The summed E-state index contributed by atoms with van der Waals surface area (Å²) in [6.45, 7) is 1.86. The fourth-order valence-corrected chi connectivity index (χ4v) is 2.52. The van der Waals surface area contributed by atoms with Crippen molar-refractivity contribution in [2.45, 2.75) is 25.5 Å². The van der Waals surface area contributed by atoms with Gasteiger partial charge in [0.25, 0.3) is 0 Å². The van der Waals surface area contributed by atoms with Crippen LogP contribution < -0.4 is 0 Å². The van der Waals surface area contributed by atoms with Gasteiger partial charge in [0, 0.05) is 35.3 Å². The maximum absolute atomic E-state index is 5.96. The number of hydrogen-bond donors (Lipinski definition) is 0. The van der Waals surface area contributed by atoms with Crippen LogP contribution in [0.25, 0.3) is 10.9 Å². The predicted octanol–water partition coefficient (Wildman–Crippen LogP) is 3.47. The SMILES string of the molecule is Clc1ccc2c(ccn2CC2CCCO2)c1. The molecule has 0 bridgehead atoms. The summed E-state index contributed by atoms with van der Waals surface area (Å²) in [4.78, 5) is 0. The Morgan fingerprint density at radius 2 is 2.31 bits per heavy atom. The quantitative estimate of drug-likeness (QED) is 0.778. The Hall–Kier alpha value is -0.990. The topological polar surface area (TPSA) is 14.2 Å². The summed E-state index contributed by atoms with van der Waals surface area (Å²) in [5.74, 6) is 0. The van der Waals surface area contributed by atoms with Crippen LogP contribution in [-0.2, 0) is 11.3 Å². The van der Waals surface area contributed by atoms with Gasteiger partial charge in [0.05, 0.1) is 6.10 Å². The Morgan fingerprint density at radius 3 is 3.12 bits per heavy atom. The predicted molar refractivity (Wildman–Crippen MR) is 65.9 cm³/mol. The molecule has 84 valence electrons. The zero-order valence-electron chi connectivity index (χ0n) is 9.03. The first-order chi connectivity index (χ1) is 7.83. The highest BCUT2D eigenvalue weighted by molar-refractivity contribution is 6.31. The second-order valence-electron chi connectivity index (χ2n) is 4.31. The molecule has 0 spiro atoms. The highest BCUT2D eigenvalue weighted by Gasteiger charge is 2.16. The van der Waals surface area contributed by atoms with E-state index >= 15 is 0 Å². The van der Waals surface area contributed by atoms with Crippen LogP contribution in [0.2, 0.25) is 5.02 Å². The van der Waals surface area contributed by atoms with Crippen molar-refractivity contribution >= 4 is 22.5 Å². The molecule has 2 heterocycles. The van der Waals surface area contributed by atoms with E-state index in [2.05, 4.69) is 22.9 Å². The highest BCUT2D eigenvalue weighted by Crippen LogP contribution is 2.22. The van der Waals surface area contributed by atoms with Crippen molar-refractivity contribution in [3.05, 3.63) is 35.5 Å². The van der Waals surface area contributed by atoms with E-state index in [1.807, 2.05) is 12.1 Å². The lowest BCUT2D eigenvalue weighted by Gasteiger charge is -2.11. The van der Waals surface area contributed by atoms with Gasteiger partial charge in [-0.05, 0) is 37.1 Å². The van der Waals surface area contributed by atoms with Gasteiger partial charge in [0.15, 0.2) is 0 Å². The summed E-state index contributed by atoms with van der Waals surface area (Å²) in [6, 6.07) is 8.13. The highest BCUT2D eigenvalue weighted by atomic mass is 35.5. The first-order valence-electron chi connectivity index (χ1n) is 5.69. The Bertz CT molecular complexity index is 500. The Labute approximate surface area is 99.8 Å². The molecule has 0 saturated carbocycles. The van der Waals surface area contributed by atoms with Crippen molar-refractivity contribution in [1.82, 2.24) is 4.57 Å². The van der Waals surface area contributed by atoms with Crippen LogP contribution in [0.4, 0.5) is 0 Å².